The largest absolute Gasteiger partial charge is 0.870 e. The Balaban J connectivity index is 0.00000200. The predicted molar refractivity (Wildman–Crippen MR) is 79.8 cm³/mol. The molecule has 2 atom stereocenters. The maximum Gasteiger partial charge on any atom is 0.264 e. The summed E-state index contributed by atoms with van der Waals surface area (Å²) in [5.41, 5.74) is 2.74. The van der Waals surface area contributed by atoms with Crippen LogP contribution >= 0.6 is 0 Å². The van der Waals surface area contributed by atoms with E-state index in [2.05, 4.69) is 38.2 Å². The summed E-state index contributed by atoms with van der Waals surface area (Å²) in [6.07, 6.45) is 2.39. The Kier molecular flexibility index (Phi) is 5.32. The van der Waals surface area contributed by atoms with Crippen molar-refractivity contribution in [1.82, 2.24) is 4.48 Å². The fraction of sp³-hybridized carbons (Fsp3) is 0.571. The van der Waals surface area contributed by atoms with E-state index in [1.165, 1.54) is 11.3 Å². The number of unbranched alkanes of at least 4 members (excludes halogenated alkanes) is 1. The second-order valence-electron chi connectivity index (χ2n) is 5.67. The number of quaternary nitrogens is 1. The molecule has 1 aliphatic heterocycles. The predicted octanol–water partition coefficient (Wildman–Crippen LogP) is 2.06. The summed E-state index contributed by atoms with van der Waals surface area (Å²) < 4.78 is 31.1. The molecule has 0 radical (unpaired) electrons. The molecule has 0 spiro atoms. The van der Waals surface area contributed by atoms with Crippen molar-refractivity contribution in [2.45, 2.75) is 32.2 Å². The monoisotopic (exact) mass is 301 g/mol. The van der Waals surface area contributed by atoms with E-state index in [4.69, 9.17) is 4.55 Å². The Morgan fingerprint density at radius 2 is 1.95 bits per heavy atom. The molecular formula is C14H23NO4S. The Hall–Kier alpha value is -0.950. The summed E-state index contributed by atoms with van der Waals surface area (Å²) in [5, 5.41) is 0. The van der Waals surface area contributed by atoms with E-state index in [1.54, 1.807) is 0 Å². The molecule has 6 heteroatoms. The van der Waals surface area contributed by atoms with E-state index < -0.39 is 10.1 Å². The minimum Gasteiger partial charge on any atom is -0.870 e. The fourth-order valence-electron chi connectivity index (χ4n) is 3.00. The number of benzene rings is 1. The Bertz CT molecular complexity index is 558. The smallest absolute Gasteiger partial charge is 0.264 e. The van der Waals surface area contributed by atoms with E-state index >= 15 is 0 Å². The molecule has 0 fully saturated rings. The van der Waals surface area contributed by atoms with Gasteiger partial charge in [-0.2, -0.15) is 8.42 Å². The molecule has 1 aromatic carbocycles. The van der Waals surface area contributed by atoms with Crippen LogP contribution in [0.2, 0.25) is 0 Å². The zero-order valence-electron chi connectivity index (χ0n) is 12.0. The van der Waals surface area contributed by atoms with Crippen LogP contribution in [0, 0.1) is 0 Å². The molecule has 0 amide bonds. The number of fused-ring (bicyclic) bond motifs is 1. The average molecular weight is 301 g/mol. The number of nitrogens with zero attached hydrogens (tertiary/aromatic N) is 1. The number of para-hydroxylation sites is 1. The van der Waals surface area contributed by atoms with Crippen LogP contribution < -0.4 is 4.48 Å². The summed E-state index contributed by atoms with van der Waals surface area (Å²) >= 11 is 0. The Labute approximate surface area is 120 Å². The molecule has 2 rings (SSSR count). The van der Waals surface area contributed by atoms with Crippen LogP contribution in [-0.4, -0.2) is 43.8 Å². The number of hydrogen-bond donors (Lipinski definition) is 1. The maximum absolute atomic E-state index is 10.7. The van der Waals surface area contributed by atoms with Gasteiger partial charge in [-0.25, -0.2) is 0 Å². The average Bonchev–Trinajstić information content (AvgIpc) is 2.57. The molecule has 0 aromatic heterocycles. The summed E-state index contributed by atoms with van der Waals surface area (Å²) in [7, 11) is -1.61. The first-order chi connectivity index (χ1) is 8.83. The minimum absolute atomic E-state index is 0. The maximum atomic E-state index is 10.7. The zero-order chi connectivity index (χ0) is 14.1. The molecule has 20 heavy (non-hydrogen) atoms. The minimum atomic E-state index is -3.82. The lowest BCUT2D eigenvalue weighted by atomic mass is 10.1. The molecule has 0 saturated carbocycles. The third kappa shape index (κ3) is 3.58. The van der Waals surface area contributed by atoms with Crippen LogP contribution in [0.15, 0.2) is 24.3 Å². The van der Waals surface area contributed by atoms with Crippen LogP contribution in [0.25, 0.3) is 0 Å². The fourth-order valence-corrected chi connectivity index (χ4v) is 3.57. The molecular weight excluding hydrogens is 278 g/mol. The molecule has 0 aliphatic carbocycles. The lowest BCUT2D eigenvalue weighted by Crippen LogP contribution is -2.50. The van der Waals surface area contributed by atoms with Crippen LogP contribution in [-0.2, 0) is 16.5 Å². The Morgan fingerprint density at radius 3 is 2.60 bits per heavy atom. The van der Waals surface area contributed by atoms with Crippen molar-refractivity contribution in [2.75, 3.05) is 19.3 Å². The van der Waals surface area contributed by atoms with E-state index in [0.29, 0.717) is 12.5 Å². The van der Waals surface area contributed by atoms with Crippen molar-refractivity contribution in [2.24, 2.45) is 0 Å². The van der Waals surface area contributed by atoms with Crippen LogP contribution in [0.1, 0.15) is 25.3 Å². The van der Waals surface area contributed by atoms with Gasteiger partial charge in [0.25, 0.3) is 10.1 Å². The van der Waals surface area contributed by atoms with Crippen molar-refractivity contribution in [1.29, 1.82) is 0 Å². The quantitative estimate of drug-likeness (QED) is 0.512. The first-order valence-corrected chi connectivity index (χ1v) is 8.33. The van der Waals surface area contributed by atoms with Gasteiger partial charge in [-0.05, 0) is 25.8 Å². The first kappa shape index (κ1) is 17.1. The summed E-state index contributed by atoms with van der Waals surface area (Å²) in [6, 6.07) is 8.99. The summed E-state index contributed by atoms with van der Waals surface area (Å²) in [5.74, 6) is -0.136. The molecule has 114 valence electrons. The van der Waals surface area contributed by atoms with E-state index in [-0.39, 0.29) is 11.2 Å². The van der Waals surface area contributed by atoms with Gasteiger partial charge in [-0.1, -0.05) is 18.2 Å². The number of likely N-dealkylation sites (N-methyl/N-ethyl adjacent to an activating group) is 1. The van der Waals surface area contributed by atoms with E-state index in [1.807, 2.05) is 0 Å². The second kappa shape index (κ2) is 6.22. The summed E-state index contributed by atoms with van der Waals surface area (Å²) in [4.78, 5) is 0. The normalized spacial score (nSPS) is 25.1. The number of rotatable bonds is 5. The van der Waals surface area contributed by atoms with Gasteiger partial charge < -0.3 is 5.48 Å². The van der Waals surface area contributed by atoms with Crippen molar-refractivity contribution >= 4 is 15.8 Å². The van der Waals surface area contributed by atoms with Gasteiger partial charge in [0.05, 0.1) is 25.4 Å². The van der Waals surface area contributed by atoms with Crippen LogP contribution in [0.5, 0.6) is 0 Å². The van der Waals surface area contributed by atoms with Crippen molar-refractivity contribution < 1.29 is 18.4 Å². The molecule has 1 heterocycles. The third-order valence-corrected chi connectivity index (χ3v) is 5.11. The topological polar surface area (TPSA) is 84.4 Å². The molecule has 1 aromatic rings. The highest BCUT2D eigenvalue weighted by atomic mass is 32.2. The van der Waals surface area contributed by atoms with Gasteiger partial charge in [-0.3, -0.25) is 9.04 Å². The van der Waals surface area contributed by atoms with E-state index in [0.717, 1.165) is 23.9 Å². The van der Waals surface area contributed by atoms with Crippen LogP contribution in [0.3, 0.4) is 0 Å². The third-order valence-electron chi connectivity index (χ3n) is 4.31. The van der Waals surface area contributed by atoms with Gasteiger partial charge in [0.15, 0.2) is 0 Å². The lowest BCUT2D eigenvalue weighted by Gasteiger charge is -2.35. The van der Waals surface area contributed by atoms with Crippen molar-refractivity contribution in [3.63, 3.8) is 0 Å². The molecule has 0 saturated heterocycles. The number of hydrogen-bond acceptors (Lipinski definition) is 3. The molecule has 2 N–H and O–H groups in total. The van der Waals surface area contributed by atoms with Crippen LogP contribution in [0.4, 0.5) is 5.69 Å². The standard InChI is InChI=1S/C14H21NO3S.H2O/c1-12-11-13-7-3-4-8-14(13)15(12,2)9-5-6-10-19(16,17)18;/h3-4,7-8,12H,5-6,9-11H2,1-2H3;1H2. The summed E-state index contributed by atoms with van der Waals surface area (Å²) in [6.45, 7) is 3.15. The molecule has 1 aliphatic rings. The van der Waals surface area contributed by atoms with Crippen molar-refractivity contribution in [3.05, 3.63) is 29.8 Å². The highest BCUT2D eigenvalue weighted by molar-refractivity contribution is 7.85. The molecule has 5 nitrogen and oxygen atoms in total. The lowest BCUT2D eigenvalue weighted by molar-refractivity contribution is 0.275. The highest BCUT2D eigenvalue weighted by Crippen LogP contribution is 2.37. The van der Waals surface area contributed by atoms with Gasteiger partial charge in [0.1, 0.15) is 5.69 Å². The SMILES string of the molecule is CC1Cc2ccccc2[N+]1(C)CCCCS(=O)(=O)O.[OH-]. The second-order valence-corrected chi connectivity index (χ2v) is 7.24. The van der Waals surface area contributed by atoms with Gasteiger partial charge in [0, 0.05) is 12.0 Å². The molecule has 2 unspecified atom stereocenters. The highest BCUT2D eigenvalue weighted by Gasteiger charge is 2.39. The van der Waals surface area contributed by atoms with Gasteiger partial charge in [-0.15, -0.1) is 0 Å². The van der Waals surface area contributed by atoms with Crippen molar-refractivity contribution in [3.8, 4) is 0 Å². The van der Waals surface area contributed by atoms with Gasteiger partial charge >= 0.3 is 0 Å². The van der Waals surface area contributed by atoms with Gasteiger partial charge in [0.2, 0.25) is 0 Å². The zero-order valence-corrected chi connectivity index (χ0v) is 12.8. The molecule has 0 bridgehead atoms. The van der Waals surface area contributed by atoms with E-state index in [9.17, 15) is 8.42 Å². The Morgan fingerprint density at radius 1 is 1.30 bits per heavy atom. The first-order valence-electron chi connectivity index (χ1n) is 6.72.